The van der Waals surface area contributed by atoms with Gasteiger partial charge in [0.15, 0.2) is 0 Å². The van der Waals surface area contributed by atoms with Crippen LogP contribution in [-0.2, 0) is 40.5 Å². The molecule has 0 unspecified atom stereocenters. The number of ether oxygens (including phenoxy) is 2. The minimum absolute atomic E-state index is 0.0424. The Bertz CT molecular complexity index is 1340. The average Bonchev–Trinajstić information content (AvgIpc) is 3.24. The molecule has 3 aromatic carbocycles. The molecular weight excluding hydrogens is 434 g/mol. The van der Waals surface area contributed by atoms with Gasteiger partial charge in [0.1, 0.15) is 30.3 Å². The number of carboxylic acids is 1. The Morgan fingerprint density at radius 3 is 2.56 bits per heavy atom. The maximum atomic E-state index is 11.2. The van der Waals surface area contributed by atoms with Crippen molar-refractivity contribution in [3.8, 4) is 16.9 Å². The summed E-state index contributed by atoms with van der Waals surface area (Å²) in [5, 5.41) is 10.0. The Morgan fingerprint density at radius 2 is 1.79 bits per heavy atom. The molecule has 174 valence electrons. The molecule has 0 aliphatic carbocycles. The molecule has 0 bridgehead atoms. The van der Waals surface area contributed by atoms with Crippen molar-refractivity contribution < 1.29 is 28.6 Å². The maximum absolute atomic E-state index is 11.2. The van der Waals surface area contributed by atoms with E-state index in [1.807, 2.05) is 48.5 Å². The second kappa shape index (κ2) is 10.2. The van der Waals surface area contributed by atoms with Crippen molar-refractivity contribution in [3.63, 3.8) is 0 Å². The van der Waals surface area contributed by atoms with Crippen molar-refractivity contribution >= 4 is 22.9 Å². The number of furan rings is 1. The van der Waals surface area contributed by atoms with Crippen LogP contribution in [0.25, 0.3) is 22.1 Å². The van der Waals surface area contributed by atoms with Crippen molar-refractivity contribution in [2.24, 2.45) is 5.73 Å². The predicted molar refractivity (Wildman–Crippen MR) is 127 cm³/mol. The van der Waals surface area contributed by atoms with E-state index >= 15 is 0 Å². The van der Waals surface area contributed by atoms with Crippen LogP contribution in [0.15, 0.2) is 71.1 Å². The zero-order valence-electron chi connectivity index (χ0n) is 18.7. The van der Waals surface area contributed by atoms with Crippen LogP contribution < -0.4 is 10.5 Å². The van der Waals surface area contributed by atoms with E-state index in [0.29, 0.717) is 29.2 Å². The van der Waals surface area contributed by atoms with E-state index in [9.17, 15) is 14.7 Å². The van der Waals surface area contributed by atoms with Gasteiger partial charge in [-0.1, -0.05) is 36.4 Å². The van der Waals surface area contributed by atoms with Gasteiger partial charge < -0.3 is 24.7 Å². The second-order valence-electron chi connectivity index (χ2n) is 7.93. The Kier molecular flexibility index (Phi) is 6.94. The first kappa shape index (κ1) is 23.1. The standard InChI is InChI=1S/C27H25NO6/c1-17(29)32-16-23-12-22-10-19(15-33-25-8-3-2-6-21(25)13-26(30)31)11-24(27(22)34-23)20-7-4-5-18(9-20)14-28/h2-12H,13-16,28H2,1H3,(H,30,31). The third-order valence-corrected chi connectivity index (χ3v) is 5.33. The number of para-hydroxylation sites is 1. The van der Waals surface area contributed by atoms with Gasteiger partial charge >= 0.3 is 11.9 Å². The number of aliphatic carboxylic acids is 1. The number of hydrogen-bond acceptors (Lipinski definition) is 6. The van der Waals surface area contributed by atoms with Crippen molar-refractivity contribution in [1.82, 2.24) is 0 Å². The van der Waals surface area contributed by atoms with Gasteiger partial charge in [-0.2, -0.15) is 0 Å². The summed E-state index contributed by atoms with van der Waals surface area (Å²) in [6.45, 7) is 2.04. The lowest BCUT2D eigenvalue weighted by Crippen LogP contribution is -2.04. The van der Waals surface area contributed by atoms with E-state index in [4.69, 9.17) is 19.6 Å². The minimum Gasteiger partial charge on any atom is -0.489 e. The van der Waals surface area contributed by atoms with Gasteiger partial charge in [0, 0.05) is 30.0 Å². The molecule has 7 heteroatoms. The molecule has 0 saturated carbocycles. The molecule has 0 amide bonds. The molecule has 4 rings (SSSR count). The Morgan fingerprint density at radius 1 is 0.971 bits per heavy atom. The first-order chi connectivity index (χ1) is 16.4. The smallest absolute Gasteiger partial charge is 0.307 e. The number of fused-ring (bicyclic) bond motifs is 1. The Balaban J connectivity index is 1.71. The predicted octanol–water partition coefficient (Wildman–Crippen LogP) is 4.83. The minimum atomic E-state index is -0.918. The van der Waals surface area contributed by atoms with Gasteiger partial charge in [0.25, 0.3) is 0 Å². The third kappa shape index (κ3) is 5.44. The number of carbonyl (C=O) groups excluding carboxylic acids is 1. The van der Waals surface area contributed by atoms with Crippen molar-refractivity contribution in [2.75, 3.05) is 0 Å². The van der Waals surface area contributed by atoms with Crippen molar-refractivity contribution in [2.45, 2.75) is 33.1 Å². The molecule has 0 aliphatic rings. The largest absolute Gasteiger partial charge is 0.489 e. The van der Waals surface area contributed by atoms with E-state index in [-0.39, 0.29) is 25.6 Å². The van der Waals surface area contributed by atoms with Gasteiger partial charge in [0.05, 0.1) is 6.42 Å². The van der Waals surface area contributed by atoms with Gasteiger partial charge in [0.2, 0.25) is 0 Å². The van der Waals surface area contributed by atoms with E-state index in [2.05, 4.69) is 0 Å². The van der Waals surface area contributed by atoms with Crippen molar-refractivity contribution in [1.29, 1.82) is 0 Å². The van der Waals surface area contributed by atoms with Gasteiger partial charge in [-0.15, -0.1) is 0 Å². The lowest BCUT2D eigenvalue weighted by Gasteiger charge is -2.12. The molecule has 0 aliphatic heterocycles. The number of carboxylic acid groups (broad SMARTS) is 1. The molecule has 1 aromatic heterocycles. The van der Waals surface area contributed by atoms with Crippen LogP contribution in [0.2, 0.25) is 0 Å². The molecule has 0 atom stereocenters. The van der Waals surface area contributed by atoms with Crippen LogP contribution in [0.3, 0.4) is 0 Å². The zero-order chi connectivity index (χ0) is 24.1. The number of carbonyl (C=O) groups is 2. The molecular formula is C27H25NO6. The Labute approximate surface area is 196 Å². The van der Waals surface area contributed by atoms with E-state index in [1.165, 1.54) is 6.92 Å². The maximum Gasteiger partial charge on any atom is 0.307 e. The zero-order valence-corrected chi connectivity index (χ0v) is 18.7. The number of esters is 1. The van der Waals surface area contributed by atoms with E-state index in [1.54, 1.807) is 18.2 Å². The molecule has 1 heterocycles. The number of benzene rings is 3. The van der Waals surface area contributed by atoms with Gasteiger partial charge in [-0.3, -0.25) is 9.59 Å². The Hall–Kier alpha value is -4.10. The highest BCUT2D eigenvalue weighted by Crippen LogP contribution is 2.34. The molecule has 0 saturated heterocycles. The number of rotatable bonds is 9. The quantitative estimate of drug-likeness (QED) is 0.345. The normalized spacial score (nSPS) is 10.9. The summed E-state index contributed by atoms with van der Waals surface area (Å²) in [6, 6.07) is 20.8. The highest BCUT2D eigenvalue weighted by Gasteiger charge is 2.15. The fourth-order valence-electron chi connectivity index (χ4n) is 3.79. The van der Waals surface area contributed by atoms with E-state index < -0.39 is 5.97 Å². The SMILES string of the molecule is CC(=O)OCc1cc2cc(COc3ccccc3CC(=O)O)cc(-c3cccc(CN)c3)c2o1. The summed E-state index contributed by atoms with van der Waals surface area (Å²) in [5.74, 6) is -0.241. The monoisotopic (exact) mass is 459 g/mol. The molecule has 34 heavy (non-hydrogen) atoms. The summed E-state index contributed by atoms with van der Waals surface area (Å²) < 4.78 is 17.2. The summed E-state index contributed by atoms with van der Waals surface area (Å²) >= 11 is 0. The topological polar surface area (TPSA) is 112 Å². The molecule has 0 radical (unpaired) electrons. The van der Waals surface area contributed by atoms with Gasteiger partial charge in [-0.25, -0.2) is 0 Å². The van der Waals surface area contributed by atoms with Crippen LogP contribution >= 0.6 is 0 Å². The summed E-state index contributed by atoms with van der Waals surface area (Å²) in [4.78, 5) is 22.4. The molecule has 3 N–H and O–H groups in total. The third-order valence-electron chi connectivity index (χ3n) is 5.33. The second-order valence-corrected chi connectivity index (χ2v) is 7.93. The van der Waals surface area contributed by atoms with E-state index in [0.717, 1.165) is 27.6 Å². The molecule has 4 aromatic rings. The summed E-state index contributed by atoms with van der Waals surface area (Å²) in [7, 11) is 0. The fourth-order valence-corrected chi connectivity index (χ4v) is 3.79. The first-order valence-corrected chi connectivity index (χ1v) is 10.8. The van der Waals surface area contributed by atoms with Crippen LogP contribution in [0, 0.1) is 0 Å². The summed E-state index contributed by atoms with van der Waals surface area (Å²) in [5.41, 5.74) is 10.8. The highest BCUT2D eigenvalue weighted by molar-refractivity contribution is 5.93. The lowest BCUT2D eigenvalue weighted by molar-refractivity contribution is -0.142. The number of nitrogens with two attached hydrogens (primary N) is 1. The molecule has 7 nitrogen and oxygen atoms in total. The lowest BCUT2D eigenvalue weighted by atomic mass is 9.99. The highest BCUT2D eigenvalue weighted by atomic mass is 16.5. The summed E-state index contributed by atoms with van der Waals surface area (Å²) in [6.07, 6.45) is -0.117. The van der Waals surface area contributed by atoms with Crippen molar-refractivity contribution in [3.05, 3.63) is 89.2 Å². The molecule has 0 spiro atoms. The average molecular weight is 459 g/mol. The fraction of sp³-hybridized carbons (Fsp3) is 0.185. The number of hydrogen-bond donors (Lipinski definition) is 2. The molecule has 0 fully saturated rings. The van der Waals surface area contributed by atoms with Crippen LogP contribution in [0.1, 0.15) is 29.4 Å². The van der Waals surface area contributed by atoms with Crippen LogP contribution in [0.5, 0.6) is 5.75 Å². The first-order valence-electron chi connectivity index (χ1n) is 10.8. The van der Waals surface area contributed by atoms with Crippen LogP contribution in [-0.4, -0.2) is 17.0 Å². The van der Waals surface area contributed by atoms with Gasteiger partial charge in [-0.05, 0) is 47.0 Å². The van der Waals surface area contributed by atoms with Crippen LogP contribution in [0.4, 0.5) is 0 Å².